The standard InChI is InChI=1S/C32H40N18O2.4ClH/c1-15(43-47-29(33)34)21-9-22(16(2)44-48-30(35)36)12-25(11-21)41-27(45-49-31(37)38)19-6-5-7-20(8-19)28(46-50-32(39)40)42-26-13-23(17(3)51)10-24(14-26)18(4)52;;;;/h5-14H,1-4H3,(H,41,45)(H,42,46)(H4,33,34,47)(H4,35,36,48)(H4,37,38,49)(H4,39,40,50);4*1H. The molecule has 0 aliphatic carbocycles. The number of nitrogens with zero attached hydrogens (tertiary/aromatic N) is 4. The zero-order chi connectivity index (χ0) is 38.5. The Morgan fingerprint density at radius 2 is 0.750 bits per heavy atom. The normalized spacial score (nSPS) is 11.1. The van der Waals surface area contributed by atoms with Crippen molar-refractivity contribution >= 4 is 120 Å². The Balaban J connectivity index is 0. The fraction of sp³-hybridized carbons (Fsp3) is 0.125. The molecular weight excluding hydrogens is 810 g/mol. The molecule has 18 N–H and O–H groups in total. The van der Waals surface area contributed by atoms with E-state index in [4.69, 9.17) is 44.6 Å². The molecule has 3 aromatic carbocycles. The minimum atomic E-state index is -0.447. The SMILES string of the molecule is CC(=O)c1cc(NC(=NNC(=N)N)c2cccc(C(=NNC(=N)N)Nc3cc(C(C)=NNC(=N)N)cc(C(C)=NNC(=N)N)c3)c2)cc(C(C)=O)c1.Cl.Cl.Cl.Cl. The molecule has 0 spiro atoms. The summed E-state index contributed by atoms with van der Waals surface area (Å²) in [5.41, 5.74) is 36.1. The number of halogens is 4. The topological polar surface area (TPSA) is 355 Å². The van der Waals surface area contributed by atoms with E-state index in [0.29, 0.717) is 56.2 Å². The van der Waals surface area contributed by atoms with Crippen LogP contribution in [0.1, 0.15) is 70.7 Å². The lowest BCUT2D eigenvalue weighted by molar-refractivity contribution is 0.101. The van der Waals surface area contributed by atoms with Crippen LogP contribution in [0.5, 0.6) is 0 Å². The van der Waals surface area contributed by atoms with Gasteiger partial charge in [-0.2, -0.15) is 20.4 Å². The molecule has 0 fully saturated rings. The minimum Gasteiger partial charge on any atom is -0.369 e. The molecule has 0 radical (unpaired) electrons. The number of hydrazone groups is 4. The van der Waals surface area contributed by atoms with Gasteiger partial charge in [0.1, 0.15) is 0 Å². The highest BCUT2D eigenvalue weighted by Gasteiger charge is 2.15. The summed E-state index contributed by atoms with van der Waals surface area (Å²) in [5.74, 6) is -1.76. The molecule has 0 unspecified atom stereocenters. The number of hydrogen-bond acceptors (Lipinski definition) is 10. The van der Waals surface area contributed by atoms with Gasteiger partial charge in [-0.05, 0) is 70.2 Å². The van der Waals surface area contributed by atoms with E-state index in [9.17, 15) is 9.59 Å². The average Bonchev–Trinajstić information content (AvgIpc) is 3.09. The Bertz CT molecular complexity index is 1980. The van der Waals surface area contributed by atoms with Crippen LogP contribution < -0.4 is 55.3 Å². The maximum absolute atomic E-state index is 12.2. The molecule has 0 atom stereocenters. The third-order valence-corrected chi connectivity index (χ3v) is 6.71. The van der Waals surface area contributed by atoms with Crippen LogP contribution in [0.3, 0.4) is 0 Å². The van der Waals surface area contributed by atoms with Gasteiger partial charge >= 0.3 is 0 Å². The number of ketones is 2. The van der Waals surface area contributed by atoms with E-state index in [2.05, 4.69) is 52.7 Å². The third kappa shape index (κ3) is 16.3. The molecule has 0 heterocycles. The number of carbonyl (C=O) groups is 2. The molecule has 20 nitrogen and oxygen atoms in total. The van der Waals surface area contributed by atoms with Gasteiger partial charge in [0, 0.05) is 44.8 Å². The van der Waals surface area contributed by atoms with Crippen LogP contribution in [0.15, 0.2) is 81.1 Å². The number of anilines is 2. The lowest BCUT2D eigenvalue weighted by Gasteiger charge is -2.16. The van der Waals surface area contributed by atoms with Gasteiger partial charge in [-0.15, -0.1) is 49.6 Å². The lowest BCUT2D eigenvalue weighted by Crippen LogP contribution is -2.30. The largest absolute Gasteiger partial charge is 0.369 e. The van der Waals surface area contributed by atoms with E-state index in [1.807, 2.05) is 0 Å². The molecule has 0 bridgehead atoms. The first-order valence-corrected chi connectivity index (χ1v) is 15.1. The summed E-state index contributed by atoms with van der Waals surface area (Å²) in [6.45, 7) is 6.16. The highest BCUT2D eigenvalue weighted by molar-refractivity contribution is 6.14. The quantitative estimate of drug-likeness (QED) is 0.0541. The Morgan fingerprint density at radius 3 is 1.07 bits per heavy atom. The molecule has 0 amide bonds. The van der Waals surface area contributed by atoms with Crippen molar-refractivity contribution in [2.45, 2.75) is 27.7 Å². The first kappa shape index (κ1) is 51.6. The number of rotatable bonds is 12. The predicted molar refractivity (Wildman–Crippen MR) is 233 cm³/mol. The molecule has 0 aromatic heterocycles. The summed E-state index contributed by atoms with van der Waals surface area (Å²) in [6, 6.07) is 16.7. The van der Waals surface area contributed by atoms with Gasteiger partial charge in [-0.25, -0.2) is 21.7 Å². The van der Waals surface area contributed by atoms with Gasteiger partial charge in [0.2, 0.25) is 23.8 Å². The number of benzene rings is 3. The Labute approximate surface area is 346 Å². The van der Waals surface area contributed by atoms with E-state index in [1.54, 1.807) is 68.4 Å². The summed E-state index contributed by atoms with van der Waals surface area (Å²) in [5, 5.41) is 53.4. The van der Waals surface area contributed by atoms with Gasteiger partial charge in [0.15, 0.2) is 23.2 Å². The van der Waals surface area contributed by atoms with Gasteiger partial charge in [-0.3, -0.25) is 31.2 Å². The van der Waals surface area contributed by atoms with Gasteiger partial charge in [-0.1, -0.05) is 18.2 Å². The number of hydrogen-bond donors (Lipinski definition) is 14. The van der Waals surface area contributed by atoms with E-state index in [-0.39, 0.29) is 84.8 Å². The molecule has 0 saturated heterocycles. The Kier molecular flexibility index (Phi) is 22.2. The number of amidine groups is 2. The van der Waals surface area contributed by atoms with E-state index in [1.165, 1.54) is 19.9 Å². The monoisotopic (exact) mass is 852 g/mol. The second-order valence-electron chi connectivity index (χ2n) is 11.0. The highest BCUT2D eigenvalue weighted by Crippen LogP contribution is 2.21. The molecule has 0 aliphatic heterocycles. The fourth-order valence-corrected chi connectivity index (χ4v) is 4.29. The second kappa shape index (κ2) is 24.0. The van der Waals surface area contributed by atoms with Gasteiger partial charge < -0.3 is 33.6 Å². The summed E-state index contributed by atoms with van der Waals surface area (Å²) >= 11 is 0. The molecule has 0 saturated carbocycles. The number of guanidine groups is 4. The van der Waals surface area contributed by atoms with Crippen molar-refractivity contribution in [3.05, 3.63) is 94.0 Å². The van der Waals surface area contributed by atoms with Crippen molar-refractivity contribution in [1.82, 2.24) is 21.7 Å². The van der Waals surface area contributed by atoms with Gasteiger partial charge in [0.25, 0.3) is 0 Å². The van der Waals surface area contributed by atoms with Crippen molar-refractivity contribution in [1.29, 1.82) is 21.6 Å². The predicted octanol–water partition coefficient (Wildman–Crippen LogP) is 2.71. The number of nitrogens with two attached hydrogens (primary N) is 4. The minimum absolute atomic E-state index is 0. The molecule has 3 rings (SSSR count). The molecule has 0 aliphatic rings. The molecule has 56 heavy (non-hydrogen) atoms. The Hall–Kier alpha value is -6.48. The third-order valence-electron chi connectivity index (χ3n) is 6.71. The van der Waals surface area contributed by atoms with E-state index < -0.39 is 11.9 Å². The number of Topliss-reactive ketones (excluding diaryl/α,β-unsaturated/α-hetero) is 2. The number of nitrogens with one attached hydrogen (secondary N) is 10. The molecule has 24 heteroatoms. The molecule has 302 valence electrons. The molecule has 3 aromatic rings. The zero-order valence-corrected chi connectivity index (χ0v) is 33.6. The summed E-state index contributed by atoms with van der Waals surface area (Å²) in [7, 11) is 0. The molecular formula is C32H44Cl4N18O2. The van der Waals surface area contributed by atoms with Crippen LogP contribution in [0, 0.1) is 21.6 Å². The van der Waals surface area contributed by atoms with Crippen molar-refractivity contribution in [2.24, 2.45) is 43.3 Å². The second-order valence-corrected chi connectivity index (χ2v) is 11.0. The maximum atomic E-state index is 12.2. The van der Waals surface area contributed by atoms with Crippen LogP contribution in [0.25, 0.3) is 0 Å². The Morgan fingerprint density at radius 1 is 0.464 bits per heavy atom. The average molecular weight is 855 g/mol. The van der Waals surface area contributed by atoms with E-state index >= 15 is 0 Å². The van der Waals surface area contributed by atoms with Crippen LogP contribution in [-0.2, 0) is 0 Å². The smallest absolute Gasteiger partial charge is 0.206 e. The van der Waals surface area contributed by atoms with E-state index in [0.717, 1.165) is 0 Å². The van der Waals surface area contributed by atoms with Crippen LogP contribution in [-0.4, -0.2) is 58.5 Å². The summed E-state index contributed by atoms with van der Waals surface area (Å²) in [4.78, 5) is 24.5. The maximum Gasteiger partial charge on any atom is 0.206 e. The van der Waals surface area contributed by atoms with Crippen molar-refractivity contribution in [2.75, 3.05) is 10.6 Å². The number of carbonyl (C=O) groups excluding carboxylic acids is 2. The fourth-order valence-electron chi connectivity index (χ4n) is 4.29. The van der Waals surface area contributed by atoms with Crippen molar-refractivity contribution in [3.63, 3.8) is 0 Å². The first-order chi connectivity index (χ1) is 24.5. The summed E-state index contributed by atoms with van der Waals surface area (Å²) in [6.07, 6.45) is 0. The summed E-state index contributed by atoms with van der Waals surface area (Å²) < 4.78 is 0. The first-order valence-electron chi connectivity index (χ1n) is 15.1. The van der Waals surface area contributed by atoms with Crippen LogP contribution in [0.2, 0.25) is 0 Å². The van der Waals surface area contributed by atoms with Crippen molar-refractivity contribution < 1.29 is 9.59 Å². The zero-order valence-electron chi connectivity index (χ0n) is 30.3. The highest BCUT2D eigenvalue weighted by atomic mass is 35.5. The van der Waals surface area contributed by atoms with Gasteiger partial charge in [0.05, 0.1) is 11.4 Å². The van der Waals surface area contributed by atoms with Crippen LogP contribution in [0.4, 0.5) is 11.4 Å². The van der Waals surface area contributed by atoms with Crippen LogP contribution >= 0.6 is 49.6 Å². The van der Waals surface area contributed by atoms with Crippen molar-refractivity contribution in [3.8, 4) is 0 Å². The lowest BCUT2D eigenvalue weighted by atomic mass is 10.0.